The fourth-order valence-corrected chi connectivity index (χ4v) is 5.93. The number of carbonyl (C=O) groups excluding carboxylic acids is 1. The van der Waals surface area contributed by atoms with E-state index >= 15 is 0 Å². The van der Waals surface area contributed by atoms with Crippen molar-refractivity contribution in [2.45, 2.75) is 35.9 Å². The van der Waals surface area contributed by atoms with Gasteiger partial charge in [-0.15, -0.1) is 0 Å². The van der Waals surface area contributed by atoms with E-state index in [1.54, 1.807) is 6.07 Å². The van der Waals surface area contributed by atoms with Crippen molar-refractivity contribution in [2.75, 3.05) is 31.6 Å². The van der Waals surface area contributed by atoms with Crippen molar-refractivity contribution in [2.24, 2.45) is 0 Å². The van der Waals surface area contributed by atoms with Crippen LogP contribution in [0.15, 0.2) is 41.4 Å². The quantitative estimate of drug-likeness (QED) is 0.606. The second kappa shape index (κ2) is 9.11. The Balaban J connectivity index is 1.61. The highest BCUT2D eigenvalue weighted by Crippen LogP contribution is 2.36. The number of rotatable bonds is 5. The van der Waals surface area contributed by atoms with Crippen LogP contribution < -0.4 is 4.90 Å². The molecule has 1 N–H and O–H groups in total. The van der Waals surface area contributed by atoms with Crippen molar-refractivity contribution >= 4 is 27.8 Å². The number of anilines is 1. The summed E-state index contributed by atoms with van der Waals surface area (Å²) in [6.07, 6.45) is -3.00. The Morgan fingerprint density at radius 1 is 1.17 bits per heavy atom. The summed E-state index contributed by atoms with van der Waals surface area (Å²) in [6, 6.07) is 5.20. The first-order valence-corrected chi connectivity index (χ1v) is 12.1. The number of carboxylic acid groups (broad SMARTS) is 1. The Bertz CT molecular complexity index is 1250. The van der Waals surface area contributed by atoms with Gasteiger partial charge in [0.15, 0.2) is 0 Å². The SMILES string of the molecule is COC(=O)[C@H]1CN(S(=O)(=O)c2ccc3c(c2)C(C(=O)O)CC3)CCN1c1ccc(C(F)(F)F)cn1. The molecule has 2 atom stereocenters. The third-order valence-corrected chi connectivity index (χ3v) is 8.18. The number of piperazine rings is 1. The number of sulfonamides is 1. The van der Waals surface area contributed by atoms with E-state index in [4.69, 9.17) is 4.74 Å². The lowest BCUT2D eigenvalue weighted by atomic mass is 10.0. The number of ether oxygens (including phenoxy) is 1. The number of pyridine rings is 1. The Morgan fingerprint density at radius 2 is 1.91 bits per heavy atom. The summed E-state index contributed by atoms with van der Waals surface area (Å²) in [7, 11) is -2.98. The van der Waals surface area contributed by atoms with Crippen LogP contribution in [-0.2, 0) is 36.9 Å². The highest BCUT2D eigenvalue weighted by atomic mass is 32.2. The molecule has 0 amide bonds. The van der Waals surface area contributed by atoms with Crippen LogP contribution >= 0.6 is 0 Å². The number of aryl methyl sites for hydroxylation is 1. The molecule has 1 saturated heterocycles. The molecule has 35 heavy (non-hydrogen) atoms. The first-order chi connectivity index (χ1) is 16.4. The van der Waals surface area contributed by atoms with Crippen molar-refractivity contribution in [1.29, 1.82) is 0 Å². The Hall–Kier alpha value is -3.19. The molecule has 4 rings (SSSR count). The molecule has 9 nitrogen and oxygen atoms in total. The van der Waals surface area contributed by atoms with Crippen LogP contribution in [-0.4, -0.2) is 67.5 Å². The van der Waals surface area contributed by atoms with E-state index in [1.807, 2.05) is 0 Å². The number of aliphatic carboxylic acids is 1. The first kappa shape index (κ1) is 24.9. The number of carbonyl (C=O) groups is 2. The molecule has 2 heterocycles. The van der Waals surface area contributed by atoms with Gasteiger partial charge < -0.3 is 14.7 Å². The molecule has 1 aromatic heterocycles. The van der Waals surface area contributed by atoms with Gasteiger partial charge in [-0.2, -0.15) is 17.5 Å². The van der Waals surface area contributed by atoms with Gasteiger partial charge >= 0.3 is 18.1 Å². The molecule has 1 unspecified atom stereocenters. The second-order valence-corrected chi connectivity index (χ2v) is 10.2. The molecule has 0 radical (unpaired) electrons. The Morgan fingerprint density at radius 3 is 2.51 bits per heavy atom. The molecule has 0 spiro atoms. The van der Waals surface area contributed by atoms with Gasteiger partial charge in [0.25, 0.3) is 0 Å². The zero-order chi connectivity index (χ0) is 25.5. The van der Waals surface area contributed by atoms with E-state index in [-0.39, 0.29) is 30.3 Å². The lowest BCUT2D eigenvalue weighted by Gasteiger charge is -2.39. The largest absolute Gasteiger partial charge is 0.481 e. The number of aromatic nitrogens is 1. The normalized spacial score (nSPS) is 21.0. The lowest BCUT2D eigenvalue weighted by molar-refractivity contribution is -0.143. The smallest absolute Gasteiger partial charge is 0.417 e. The van der Waals surface area contributed by atoms with Crippen LogP contribution in [0.4, 0.5) is 19.0 Å². The molecule has 1 aliphatic heterocycles. The second-order valence-electron chi connectivity index (χ2n) is 8.29. The number of hydrogen-bond acceptors (Lipinski definition) is 7. The number of esters is 1. The van der Waals surface area contributed by atoms with E-state index in [9.17, 15) is 36.3 Å². The van der Waals surface area contributed by atoms with Crippen molar-refractivity contribution in [3.63, 3.8) is 0 Å². The molecule has 2 aliphatic rings. The summed E-state index contributed by atoms with van der Waals surface area (Å²) in [5, 5.41) is 9.44. The Kier molecular flexibility index (Phi) is 6.49. The van der Waals surface area contributed by atoms with Crippen molar-refractivity contribution < 1.29 is 41.0 Å². The van der Waals surface area contributed by atoms with Crippen LogP contribution in [0.25, 0.3) is 0 Å². The van der Waals surface area contributed by atoms with E-state index in [0.717, 1.165) is 29.1 Å². The summed E-state index contributed by atoms with van der Waals surface area (Å²) >= 11 is 0. The number of carboxylic acids is 1. The van der Waals surface area contributed by atoms with Crippen LogP contribution in [0.1, 0.15) is 29.0 Å². The number of benzene rings is 1. The molecule has 188 valence electrons. The number of fused-ring (bicyclic) bond motifs is 1. The molecular formula is C22H22F3N3O6S. The molecule has 2 aromatic rings. The predicted octanol–water partition coefficient (Wildman–Crippen LogP) is 2.27. The van der Waals surface area contributed by atoms with Crippen LogP contribution in [0.2, 0.25) is 0 Å². The summed E-state index contributed by atoms with van der Waals surface area (Å²) in [5.74, 6) is -2.51. The van der Waals surface area contributed by atoms with E-state index in [1.165, 1.54) is 17.0 Å². The van der Waals surface area contributed by atoms with Gasteiger partial charge in [-0.1, -0.05) is 6.07 Å². The summed E-state index contributed by atoms with van der Waals surface area (Å²) in [5.41, 5.74) is 0.283. The third kappa shape index (κ3) is 4.69. The van der Waals surface area contributed by atoms with Gasteiger partial charge in [0.05, 0.1) is 23.5 Å². The van der Waals surface area contributed by atoms with E-state index < -0.39 is 45.7 Å². The topological polar surface area (TPSA) is 117 Å². The van der Waals surface area contributed by atoms with Crippen molar-refractivity contribution in [1.82, 2.24) is 9.29 Å². The van der Waals surface area contributed by atoms with E-state index in [2.05, 4.69) is 4.98 Å². The number of alkyl halides is 3. The predicted molar refractivity (Wildman–Crippen MR) is 116 cm³/mol. The molecule has 1 aromatic carbocycles. The zero-order valence-electron chi connectivity index (χ0n) is 18.5. The zero-order valence-corrected chi connectivity index (χ0v) is 19.3. The van der Waals surface area contributed by atoms with Gasteiger partial charge in [-0.3, -0.25) is 4.79 Å². The first-order valence-electron chi connectivity index (χ1n) is 10.7. The highest BCUT2D eigenvalue weighted by Gasteiger charge is 2.40. The fraction of sp³-hybridized carbons (Fsp3) is 0.409. The van der Waals surface area contributed by atoms with Crippen molar-refractivity contribution in [3.05, 3.63) is 53.2 Å². The maximum atomic E-state index is 13.4. The maximum Gasteiger partial charge on any atom is 0.417 e. The molecular weight excluding hydrogens is 491 g/mol. The van der Waals surface area contributed by atoms with Crippen LogP contribution in [0.3, 0.4) is 0 Å². The molecule has 13 heteroatoms. The molecule has 1 aliphatic carbocycles. The Labute approximate surface area is 199 Å². The standard InChI is InChI=1S/C22H22F3N3O6S/c1-34-21(31)18-12-27(8-9-28(18)19-7-4-14(11-26-19)22(23,24)25)35(32,33)15-5-2-13-3-6-16(20(29)30)17(13)10-15/h2,4-5,7,10-11,16,18H,3,6,8-9,12H2,1H3,(H,29,30)/t16?,18-/m1/s1. The van der Waals surface area contributed by atoms with Gasteiger partial charge in [0.2, 0.25) is 10.0 Å². The third-order valence-electron chi connectivity index (χ3n) is 6.32. The van der Waals surface area contributed by atoms with Crippen LogP contribution in [0, 0.1) is 0 Å². The molecule has 0 bridgehead atoms. The molecule has 0 saturated carbocycles. The minimum absolute atomic E-state index is 0.0277. The average molecular weight is 513 g/mol. The number of halogens is 3. The van der Waals surface area contributed by atoms with Crippen molar-refractivity contribution in [3.8, 4) is 0 Å². The molecule has 1 fully saturated rings. The van der Waals surface area contributed by atoms with Gasteiger partial charge in [0.1, 0.15) is 11.9 Å². The monoisotopic (exact) mass is 513 g/mol. The van der Waals surface area contributed by atoms with Crippen LogP contribution in [0.5, 0.6) is 0 Å². The number of methoxy groups -OCH3 is 1. The minimum atomic E-state index is -4.57. The van der Waals surface area contributed by atoms with E-state index in [0.29, 0.717) is 24.6 Å². The fourth-order valence-electron chi connectivity index (χ4n) is 4.46. The highest BCUT2D eigenvalue weighted by molar-refractivity contribution is 7.89. The lowest BCUT2D eigenvalue weighted by Crippen LogP contribution is -2.58. The summed E-state index contributed by atoms with van der Waals surface area (Å²) < 4.78 is 71.3. The maximum absolute atomic E-state index is 13.4. The average Bonchev–Trinajstić information content (AvgIpc) is 3.26. The van der Waals surface area contributed by atoms with Gasteiger partial charge in [0, 0.05) is 25.8 Å². The summed E-state index contributed by atoms with van der Waals surface area (Å²) in [4.78, 5) is 29.2. The number of nitrogens with zero attached hydrogens (tertiary/aromatic N) is 3. The van der Waals surface area contributed by atoms with Gasteiger partial charge in [-0.25, -0.2) is 18.2 Å². The number of hydrogen-bond donors (Lipinski definition) is 1. The summed E-state index contributed by atoms with van der Waals surface area (Å²) in [6.45, 7) is -0.421. The van der Waals surface area contributed by atoms with Gasteiger partial charge in [-0.05, 0) is 48.2 Å². The minimum Gasteiger partial charge on any atom is -0.481 e.